The van der Waals surface area contributed by atoms with E-state index >= 15 is 0 Å². The lowest BCUT2D eigenvalue weighted by molar-refractivity contribution is 0.369. The van der Waals surface area contributed by atoms with Gasteiger partial charge in [-0.1, -0.05) is 11.6 Å². The summed E-state index contributed by atoms with van der Waals surface area (Å²) in [6, 6.07) is 1.91. The molecular weight excluding hydrogens is 198 g/mol. The minimum Gasteiger partial charge on any atom is -0.317 e. The number of hydrogen-bond acceptors (Lipinski definition) is 3. The number of nitrogens with one attached hydrogen (secondary N) is 1. The van der Waals surface area contributed by atoms with Crippen molar-refractivity contribution in [1.82, 2.24) is 15.5 Å². The number of nitrogens with zero attached hydrogens (tertiary/aromatic N) is 2. The van der Waals surface area contributed by atoms with E-state index in [0.717, 1.165) is 31.1 Å². The van der Waals surface area contributed by atoms with Gasteiger partial charge in [0.25, 0.3) is 0 Å². The Morgan fingerprint density at radius 2 is 2.21 bits per heavy atom. The molecule has 0 aliphatic carbocycles. The smallest absolute Gasteiger partial charge is 0.0682 e. The molecule has 14 heavy (non-hydrogen) atoms. The first-order valence-electron chi connectivity index (χ1n) is 5.02. The van der Waals surface area contributed by atoms with Crippen molar-refractivity contribution in [2.75, 3.05) is 13.1 Å². The lowest BCUT2D eigenvalue weighted by Crippen LogP contribution is -2.28. The number of piperidine rings is 1. The van der Waals surface area contributed by atoms with Crippen LogP contribution in [0.4, 0.5) is 0 Å². The fraction of sp³-hybridized carbons (Fsp3) is 0.600. The van der Waals surface area contributed by atoms with Crippen LogP contribution in [-0.2, 0) is 6.42 Å². The van der Waals surface area contributed by atoms with Crippen LogP contribution in [0.25, 0.3) is 0 Å². The van der Waals surface area contributed by atoms with Crippen LogP contribution < -0.4 is 5.32 Å². The van der Waals surface area contributed by atoms with E-state index in [4.69, 9.17) is 11.6 Å². The predicted octanol–water partition coefficient (Wildman–Crippen LogP) is 1.67. The van der Waals surface area contributed by atoms with Gasteiger partial charge in [0.2, 0.25) is 0 Å². The van der Waals surface area contributed by atoms with E-state index in [1.807, 2.05) is 6.07 Å². The van der Waals surface area contributed by atoms with Crippen LogP contribution in [0.5, 0.6) is 0 Å². The molecule has 0 saturated carbocycles. The van der Waals surface area contributed by atoms with Crippen molar-refractivity contribution in [3.8, 4) is 0 Å². The first kappa shape index (κ1) is 9.87. The van der Waals surface area contributed by atoms with Crippen molar-refractivity contribution in [3.63, 3.8) is 0 Å². The van der Waals surface area contributed by atoms with Crippen LogP contribution in [0.2, 0.25) is 5.02 Å². The van der Waals surface area contributed by atoms with E-state index in [0.29, 0.717) is 5.02 Å². The first-order chi connectivity index (χ1) is 6.84. The van der Waals surface area contributed by atoms with Gasteiger partial charge in [0.05, 0.1) is 16.9 Å². The Morgan fingerprint density at radius 1 is 1.43 bits per heavy atom. The molecule has 4 heteroatoms. The van der Waals surface area contributed by atoms with Crippen LogP contribution in [-0.4, -0.2) is 23.3 Å². The Hall–Kier alpha value is -0.670. The molecule has 76 valence electrons. The summed E-state index contributed by atoms with van der Waals surface area (Å²) in [5.74, 6) is 0.740. The van der Waals surface area contributed by atoms with E-state index in [9.17, 15) is 0 Å². The monoisotopic (exact) mass is 211 g/mol. The van der Waals surface area contributed by atoms with Gasteiger partial charge in [-0.3, -0.25) is 0 Å². The van der Waals surface area contributed by atoms with Crippen molar-refractivity contribution >= 4 is 11.6 Å². The maximum Gasteiger partial charge on any atom is 0.0682 e. The van der Waals surface area contributed by atoms with Gasteiger partial charge in [-0.05, 0) is 44.3 Å². The molecule has 2 heterocycles. The van der Waals surface area contributed by atoms with Gasteiger partial charge in [-0.25, -0.2) is 0 Å². The average Bonchev–Trinajstić information content (AvgIpc) is 2.19. The zero-order valence-electron chi connectivity index (χ0n) is 8.04. The molecule has 0 spiro atoms. The number of halogens is 1. The maximum atomic E-state index is 5.85. The van der Waals surface area contributed by atoms with Crippen molar-refractivity contribution < 1.29 is 0 Å². The molecule has 0 aromatic carbocycles. The van der Waals surface area contributed by atoms with Gasteiger partial charge in [0, 0.05) is 0 Å². The maximum absolute atomic E-state index is 5.85. The number of aromatic nitrogens is 2. The average molecular weight is 212 g/mol. The van der Waals surface area contributed by atoms with Crippen molar-refractivity contribution in [3.05, 3.63) is 23.0 Å². The zero-order chi connectivity index (χ0) is 9.80. The van der Waals surface area contributed by atoms with E-state index < -0.39 is 0 Å². The molecule has 1 aromatic rings. The quantitative estimate of drug-likeness (QED) is 0.809. The highest BCUT2D eigenvalue weighted by Gasteiger charge is 2.14. The molecule has 0 atom stereocenters. The molecule has 1 fully saturated rings. The van der Waals surface area contributed by atoms with E-state index in [1.165, 1.54) is 12.8 Å². The van der Waals surface area contributed by atoms with E-state index in [2.05, 4.69) is 15.5 Å². The van der Waals surface area contributed by atoms with E-state index in [1.54, 1.807) is 6.20 Å². The fourth-order valence-electron chi connectivity index (χ4n) is 1.86. The lowest BCUT2D eigenvalue weighted by Gasteiger charge is -2.21. The summed E-state index contributed by atoms with van der Waals surface area (Å²) in [4.78, 5) is 0. The molecule has 0 bridgehead atoms. The second kappa shape index (κ2) is 4.71. The zero-order valence-corrected chi connectivity index (χ0v) is 8.80. The highest BCUT2D eigenvalue weighted by molar-refractivity contribution is 6.30. The standard InChI is InChI=1S/C10H14ClN3/c11-9-6-10(14-13-7-9)5-8-1-3-12-4-2-8/h6-8,12H,1-5H2. The van der Waals surface area contributed by atoms with Gasteiger partial charge in [0.15, 0.2) is 0 Å². The molecule has 1 aliphatic rings. The molecule has 0 radical (unpaired) electrons. The summed E-state index contributed by atoms with van der Waals surface area (Å²) in [7, 11) is 0. The normalized spacial score (nSPS) is 18.4. The third-order valence-electron chi connectivity index (χ3n) is 2.63. The Labute approximate surface area is 88.9 Å². The summed E-state index contributed by atoms with van der Waals surface area (Å²) in [5, 5.41) is 12.0. The Balaban J connectivity index is 1.95. The topological polar surface area (TPSA) is 37.8 Å². The van der Waals surface area contributed by atoms with Crippen LogP contribution >= 0.6 is 11.6 Å². The van der Waals surface area contributed by atoms with Gasteiger partial charge in [0.1, 0.15) is 0 Å². The summed E-state index contributed by atoms with van der Waals surface area (Å²) in [5.41, 5.74) is 1.02. The molecule has 1 aliphatic heterocycles. The second-order valence-electron chi connectivity index (χ2n) is 3.76. The number of rotatable bonds is 2. The SMILES string of the molecule is Clc1cnnc(CC2CCNCC2)c1. The third-order valence-corrected chi connectivity index (χ3v) is 2.83. The van der Waals surface area contributed by atoms with Crippen molar-refractivity contribution in [1.29, 1.82) is 0 Å². The molecule has 1 aromatic heterocycles. The minimum absolute atomic E-state index is 0.684. The highest BCUT2D eigenvalue weighted by atomic mass is 35.5. The number of hydrogen-bond donors (Lipinski definition) is 1. The summed E-state index contributed by atoms with van der Waals surface area (Å²) < 4.78 is 0. The van der Waals surface area contributed by atoms with Gasteiger partial charge in [-0.2, -0.15) is 10.2 Å². The largest absolute Gasteiger partial charge is 0.317 e. The summed E-state index contributed by atoms with van der Waals surface area (Å²) in [6.45, 7) is 2.25. The van der Waals surface area contributed by atoms with Crippen LogP contribution in [0.15, 0.2) is 12.3 Å². The molecular formula is C10H14ClN3. The first-order valence-corrected chi connectivity index (χ1v) is 5.40. The Bertz CT molecular complexity index is 297. The molecule has 3 nitrogen and oxygen atoms in total. The lowest BCUT2D eigenvalue weighted by atomic mass is 9.93. The van der Waals surface area contributed by atoms with Gasteiger partial charge >= 0.3 is 0 Å². The van der Waals surface area contributed by atoms with Crippen molar-refractivity contribution in [2.45, 2.75) is 19.3 Å². The third kappa shape index (κ3) is 2.66. The predicted molar refractivity (Wildman–Crippen MR) is 56.3 cm³/mol. The van der Waals surface area contributed by atoms with Crippen LogP contribution in [0, 0.1) is 5.92 Å². The van der Waals surface area contributed by atoms with Crippen LogP contribution in [0.3, 0.4) is 0 Å². The molecule has 1 N–H and O–H groups in total. The van der Waals surface area contributed by atoms with Crippen LogP contribution in [0.1, 0.15) is 18.5 Å². The van der Waals surface area contributed by atoms with Crippen molar-refractivity contribution in [2.24, 2.45) is 5.92 Å². The molecule has 2 rings (SSSR count). The Morgan fingerprint density at radius 3 is 2.93 bits per heavy atom. The Kier molecular flexibility index (Phi) is 3.32. The molecule has 0 amide bonds. The van der Waals surface area contributed by atoms with Gasteiger partial charge < -0.3 is 5.32 Å². The molecule has 0 unspecified atom stereocenters. The molecule has 1 saturated heterocycles. The summed E-state index contributed by atoms with van der Waals surface area (Å²) >= 11 is 5.85. The minimum atomic E-state index is 0.684. The second-order valence-corrected chi connectivity index (χ2v) is 4.20. The highest BCUT2D eigenvalue weighted by Crippen LogP contribution is 2.17. The summed E-state index contributed by atoms with van der Waals surface area (Å²) in [6.07, 6.45) is 5.05. The van der Waals surface area contributed by atoms with E-state index in [-0.39, 0.29) is 0 Å². The van der Waals surface area contributed by atoms with Gasteiger partial charge in [-0.15, -0.1) is 0 Å². The fourth-order valence-corrected chi connectivity index (χ4v) is 2.03.